The molecule has 110 valence electrons. The molecular formula is C14H26N2O3. The molecular weight excluding hydrogens is 244 g/mol. The molecule has 1 saturated carbocycles. The first-order chi connectivity index (χ1) is 9.29. The Kier molecular flexibility index (Phi) is 6.07. The Hall–Kier alpha value is -0.650. The molecule has 1 amide bonds. The number of amides is 1. The van der Waals surface area contributed by atoms with Crippen molar-refractivity contribution in [3.63, 3.8) is 0 Å². The fraction of sp³-hybridized carbons (Fsp3) is 0.929. The van der Waals surface area contributed by atoms with E-state index in [4.69, 9.17) is 9.47 Å². The fourth-order valence-corrected chi connectivity index (χ4v) is 2.84. The summed E-state index contributed by atoms with van der Waals surface area (Å²) >= 11 is 0. The third-order valence-corrected chi connectivity index (χ3v) is 4.05. The quantitative estimate of drug-likeness (QED) is 0.702. The van der Waals surface area contributed by atoms with Crippen molar-refractivity contribution in [3.8, 4) is 0 Å². The maximum atomic E-state index is 11.9. The van der Waals surface area contributed by atoms with Gasteiger partial charge in [-0.2, -0.15) is 0 Å². The van der Waals surface area contributed by atoms with Crippen LogP contribution in [0.15, 0.2) is 0 Å². The Labute approximate surface area is 115 Å². The van der Waals surface area contributed by atoms with E-state index in [1.165, 1.54) is 32.1 Å². The number of ether oxygens (including phenoxy) is 2. The molecule has 0 aromatic carbocycles. The van der Waals surface area contributed by atoms with Crippen LogP contribution < -0.4 is 10.6 Å². The molecule has 5 nitrogen and oxygen atoms in total. The maximum Gasteiger partial charge on any atom is 0.237 e. The van der Waals surface area contributed by atoms with Crippen LogP contribution in [-0.4, -0.2) is 51.0 Å². The zero-order chi connectivity index (χ0) is 13.5. The van der Waals surface area contributed by atoms with Crippen LogP contribution in [0, 0.1) is 0 Å². The number of rotatable bonds is 6. The highest BCUT2D eigenvalue weighted by atomic mass is 16.5. The molecule has 19 heavy (non-hydrogen) atoms. The minimum absolute atomic E-state index is 0.0618. The topological polar surface area (TPSA) is 59.6 Å². The molecule has 1 saturated heterocycles. The van der Waals surface area contributed by atoms with E-state index < -0.39 is 0 Å². The second-order valence-corrected chi connectivity index (χ2v) is 5.48. The average Bonchev–Trinajstić information content (AvgIpc) is 2.93. The first-order valence-corrected chi connectivity index (χ1v) is 7.45. The summed E-state index contributed by atoms with van der Waals surface area (Å²) in [5, 5.41) is 6.10. The highest BCUT2D eigenvalue weighted by molar-refractivity contribution is 5.82. The van der Waals surface area contributed by atoms with E-state index in [0.717, 1.165) is 13.0 Å². The molecule has 2 N–H and O–H groups in total. The van der Waals surface area contributed by atoms with Crippen LogP contribution in [0.25, 0.3) is 0 Å². The number of methoxy groups -OCH3 is 1. The predicted molar refractivity (Wildman–Crippen MR) is 73.0 cm³/mol. The third-order valence-electron chi connectivity index (χ3n) is 4.05. The van der Waals surface area contributed by atoms with Gasteiger partial charge >= 0.3 is 0 Å². The lowest BCUT2D eigenvalue weighted by Gasteiger charge is -2.22. The summed E-state index contributed by atoms with van der Waals surface area (Å²) < 4.78 is 11.0. The van der Waals surface area contributed by atoms with Crippen molar-refractivity contribution in [2.45, 2.75) is 56.8 Å². The highest BCUT2D eigenvalue weighted by Crippen LogP contribution is 2.19. The van der Waals surface area contributed by atoms with Crippen molar-refractivity contribution in [2.24, 2.45) is 0 Å². The van der Waals surface area contributed by atoms with Crippen molar-refractivity contribution in [1.82, 2.24) is 10.6 Å². The fourth-order valence-electron chi connectivity index (χ4n) is 2.84. The Morgan fingerprint density at radius 3 is 2.74 bits per heavy atom. The monoisotopic (exact) mass is 270 g/mol. The van der Waals surface area contributed by atoms with Gasteiger partial charge in [0, 0.05) is 20.2 Å². The number of hydrogen-bond acceptors (Lipinski definition) is 4. The maximum absolute atomic E-state index is 11.9. The largest absolute Gasteiger partial charge is 0.380 e. The molecule has 2 rings (SSSR count). The molecule has 2 aliphatic rings. The molecule has 0 aromatic heterocycles. The minimum atomic E-state index is -0.111. The van der Waals surface area contributed by atoms with Gasteiger partial charge in [0.2, 0.25) is 5.91 Å². The molecule has 2 fully saturated rings. The van der Waals surface area contributed by atoms with Crippen LogP contribution in [0.2, 0.25) is 0 Å². The van der Waals surface area contributed by atoms with Crippen LogP contribution in [0.5, 0.6) is 0 Å². The molecule has 0 spiro atoms. The Morgan fingerprint density at radius 1 is 1.26 bits per heavy atom. The molecule has 2 atom stereocenters. The minimum Gasteiger partial charge on any atom is -0.380 e. The van der Waals surface area contributed by atoms with Gasteiger partial charge in [-0.15, -0.1) is 0 Å². The molecule has 2 unspecified atom stereocenters. The Bertz CT molecular complexity index is 280. The summed E-state index contributed by atoms with van der Waals surface area (Å²) in [5.74, 6) is 0.0618. The molecule has 1 aliphatic heterocycles. The number of carbonyl (C=O) groups is 1. The van der Waals surface area contributed by atoms with E-state index in [-0.39, 0.29) is 18.1 Å². The highest BCUT2D eigenvalue weighted by Gasteiger charge is 2.28. The first kappa shape index (κ1) is 14.8. The Morgan fingerprint density at radius 2 is 2.05 bits per heavy atom. The second kappa shape index (κ2) is 7.82. The summed E-state index contributed by atoms with van der Waals surface area (Å²) in [6, 6.07) is -0.111. The first-order valence-electron chi connectivity index (χ1n) is 7.45. The SMILES string of the molecule is COC1CNC(C(=O)NCCOC2CCCCC2)C1. The van der Waals surface area contributed by atoms with E-state index in [9.17, 15) is 4.79 Å². The summed E-state index contributed by atoms with van der Waals surface area (Å²) in [6.07, 6.45) is 7.57. The molecule has 5 heteroatoms. The van der Waals surface area contributed by atoms with Gasteiger partial charge in [-0.05, 0) is 19.3 Å². The molecule has 0 bridgehead atoms. The van der Waals surface area contributed by atoms with Gasteiger partial charge < -0.3 is 20.1 Å². The van der Waals surface area contributed by atoms with Crippen molar-refractivity contribution in [1.29, 1.82) is 0 Å². The van der Waals surface area contributed by atoms with Crippen molar-refractivity contribution in [2.75, 3.05) is 26.8 Å². The van der Waals surface area contributed by atoms with Crippen LogP contribution in [0.3, 0.4) is 0 Å². The van der Waals surface area contributed by atoms with Crippen LogP contribution in [-0.2, 0) is 14.3 Å². The zero-order valence-electron chi connectivity index (χ0n) is 11.8. The predicted octanol–water partition coefficient (Wildman–Crippen LogP) is 0.829. The third kappa shape index (κ3) is 4.75. The number of hydrogen-bond donors (Lipinski definition) is 2. The van der Waals surface area contributed by atoms with Gasteiger partial charge in [0.05, 0.1) is 24.9 Å². The lowest BCUT2D eigenvalue weighted by atomic mass is 9.98. The van der Waals surface area contributed by atoms with Gasteiger partial charge in [0.1, 0.15) is 0 Å². The number of carbonyl (C=O) groups excluding carboxylic acids is 1. The zero-order valence-corrected chi connectivity index (χ0v) is 11.8. The van der Waals surface area contributed by atoms with Crippen LogP contribution in [0.4, 0.5) is 0 Å². The van der Waals surface area contributed by atoms with E-state index in [2.05, 4.69) is 10.6 Å². The summed E-state index contributed by atoms with van der Waals surface area (Å²) in [4.78, 5) is 11.9. The van der Waals surface area contributed by atoms with Gasteiger partial charge in [-0.3, -0.25) is 4.79 Å². The second-order valence-electron chi connectivity index (χ2n) is 5.48. The molecule has 0 aromatic rings. The van der Waals surface area contributed by atoms with E-state index in [1.54, 1.807) is 7.11 Å². The van der Waals surface area contributed by atoms with Gasteiger partial charge in [0.25, 0.3) is 0 Å². The van der Waals surface area contributed by atoms with Crippen LogP contribution in [0.1, 0.15) is 38.5 Å². The summed E-state index contributed by atoms with van der Waals surface area (Å²) in [5.41, 5.74) is 0. The Balaban J connectivity index is 1.54. The molecule has 1 heterocycles. The summed E-state index contributed by atoms with van der Waals surface area (Å²) in [6.45, 7) is 1.98. The van der Waals surface area contributed by atoms with E-state index in [1.807, 2.05) is 0 Å². The van der Waals surface area contributed by atoms with E-state index >= 15 is 0 Å². The molecule has 0 radical (unpaired) electrons. The lowest BCUT2D eigenvalue weighted by Crippen LogP contribution is -2.41. The standard InChI is InChI=1S/C14H26N2O3/c1-18-12-9-13(16-10-12)14(17)15-7-8-19-11-5-3-2-4-6-11/h11-13,16H,2-10H2,1H3,(H,15,17). The number of nitrogens with one attached hydrogen (secondary N) is 2. The summed E-state index contributed by atoms with van der Waals surface area (Å²) in [7, 11) is 1.69. The van der Waals surface area contributed by atoms with Gasteiger partial charge in [-0.1, -0.05) is 19.3 Å². The van der Waals surface area contributed by atoms with Gasteiger partial charge in [0.15, 0.2) is 0 Å². The van der Waals surface area contributed by atoms with Crippen molar-refractivity contribution in [3.05, 3.63) is 0 Å². The average molecular weight is 270 g/mol. The smallest absolute Gasteiger partial charge is 0.237 e. The van der Waals surface area contributed by atoms with E-state index in [0.29, 0.717) is 19.3 Å². The lowest BCUT2D eigenvalue weighted by molar-refractivity contribution is -0.123. The van der Waals surface area contributed by atoms with Crippen LogP contribution >= 0.6 is 0 Å². The van der Waals surface area contributed by atoms with Crippen molar-refractivity contribution >= 4 is 5.91 Å². The van der Waals surface area contributed by atoms with Crippen molar-refractivity contribution < 1.29 is 14.3 Å². The van der Waals surface area contributed by atoms with Gasteiger partial charge in [-0.25, -0.2) is 0 Å². The normalized spacial score (nSPS) is 28.5. The molecule has 1 aliphatic carbocycles.